The van der Waals surface area contributed by atoms with Gasteiger partial charge in [-0.1, -0.05) is 27.2 Å². The maximum absolute atomic E-state index is 12.5. The topological polar surface area (TPSA) is 78.5 Å². The fourth-order valence-corrected chi connectivity index (χ4v) is 5.06. The molecule has 3 rings (SSSR count). The second-order valence-corrected chi connectivity index (χ2v) is 10.0. The highest BCUT2D eigenvalue weighted by Crippen LogP contribution is 2.29. The number of hydrogen-bond donors (Lipinski definition) is 2. The summed E-state index contributed by atoms with van der Waals surface area (Å²) in [6, 6.07) is 1.97. The van der Waals surface area contributed by atoms with Gasteiger partial charge in [-0.15, -0.1) is 11.3 Å². The fourth-order valence-electron chi connectivity index (χ4n) is 3.91. The summed E-state index contributed by atoms with van der Waals surface area (Å²) in [4.78, 5) is 41.2. The highest BCUT2D eigenvalue weighted by atomic mass is 32.1. The number of thiophene rings is 1. The van der Waals surface area contributed by atoms with Crippen molar-refractivity contribution in [2.24, 2.45) is 11.3 Å². The van der Waals surface area contributed by atoms with Gasteiger partial charge in [-0.05, 0) is 50.2 Å². The third-order valence-electron chi connectivity index (χ3n) is 5.49. The van der Waals surface area contributed by atoms with E-state index in [2.05, 4.69) is 10.9 Å². The highest BCUT2D eigenvalue weighted by Gasteiger charge is 2.33. The van der Waals surface area contributed by atoms with Gasteiger partial charge < -0.3 is 4.90 Å². The van der Waals surface area contributed by atoms with E-state index < -0.39 is 5.41 Å². The Morgan fingerprint density at radius 2 is 1.82 bits per heavy atom. The molecule has 0 saturated carbocycles. The number of carbonyl (C=O) groups excluding carboxylic acids is 3. The molecule has 0 spiro atoms. The summed E-state index contributed by atoms with van der Waals surface area (Å²) in [5.74, 6) is -0.711. The number of hydrogen-bond acceptors (Lipinski definition) is 4. The van der Waals surface area contributed by atoms with Crippen molar-refractivity contribution in [3.63, 3.8) is 0 Å². The molecule has 1 aliphatic heterocycles. The summed E-state index contributed by atoms with van der Waals surface area (Å²) >= 11 is 1.53. The van der Waals surface area contributed by atoms with Crippen LogP contribution in [0.1, 0.15) is 73.0 Å². The third kappa shape index (κ3) is 4.93. The Bertz CT molecular complexity index is 727. The average molecular weight is 406 g/mol. The lowest BCUT2D eigenvalue weighted by molar-refractivity contribution is -0.143. The second-order valence-electron chi connectivity index (χ2n) is 8.90. The number of rotatable bonds is 2. The zero-order chi connectivity index (χ0) is 20.3. The molecule has 28 heavy (non-hydrogen) atoms. The van der Waals surface area contributed by atoms with Gasteiger partial charge in [0, 0.05) is 23.4 Å². The molecule has 154 valence electrons. The molecule has 7 heteroatoms. The van der Waals surface area contributed by atoms with Gasteiger partial charge in [0.05, 0.1) is 10.8 Å². The number of hydrazine groups is 1. The summed E-state index contributed by atoms with van der Waals surface area (Å²) in [7, 11) is 0. The summed E-state index contributed by atoms with van der Waals surface area (Å²) in [6.07, 6.45) is 7.19. The van der Waals surface area contributed by atoms with Crippen molar-refractivity contribution < 1.29 is 14.4 Å². The zero-order valence-electron chi connectivity index (χ0n) is 17.1. The average Bonchev–Trinajstić information content (AvgIpc) is 2.95. The minimum absolute atomic E-state index is 0.0640. The molecular formula is C21H31N3O3S. The van der Waals surface area contributed by atoms with Crippen molar-refractivity contribution >= 4 is 29.1 Å². The van der Waals surface area contributed by atoms with Crippen LogP contribution in [0.2, 0.25) is 0 Å². The molecule has 0 radical (unpaired) electrons. The first-order valence-corrected chi connectivity index (χ1v) is 11.1. The van der Waals surface area contributed by atoms with Crippen LogP contribution in [0, 0.1) is 11.3 Å². The molecule has 1 fully saturated rings. The predicted molar refractivity (Wildman–Crippen MR) is 110 cm³/mol. The molecule has 2 aliphatic rings. The summed E-state index contributed by atoms with van der Waals surface area (Å²) in [6.45, 7) is 6.77. The number of fused-ring (bicyclic) bond motifs is 1. The van der Waals surface area contributed by atoms with E-state index >= 15 is 0 Å². The van der Waals surface area contributed by atoms with Crippen molar-refractivity contribution in [1.82, 2.24) is 15.8 Å². The molecule has 2 heterocycles. The Kier molecular flexibility index (Phi) is 6.43. The molecule has 3 amide bonds. The Morgan fingerprint density at radius 3 is 2.57 bits per heavy atom. The molecule has 1 unspecified atom stereocenters. The molecule has 2 N–H and O–H groups in total. The van der Waals surface area contributed by atoms with Crippen LogP contribution in [-0.4, -0.2) is 35.7 Å². The molecular weight excluding hydrogens is 374 g/mol. The van der Waals surface area contributed by atoms with Gasteiger partial charge in [0.25, 0.3) is 5.91 Å². The van der Waals surface area contributed by atoms with Crippen LogP contribution in [0.15, 0.2) is 6.07 Å². The van der Waals surface area contributed by atoms with Gasteiger partial charge in [-0.25, -0.2) is 0 Å². The van der Waals surface area contributed by atoms with Gasteiger partial charge >= 0.3 is 0 Å². The predicted octanol–water partition coefficient (Wildman–Crippen LogP) is 3.06. The lowest BCUT2D eigenvalue weighted by atomic mass is 9.91. The van der Waals surface area contributed by atoms with Gasteiger partial charge in [0.1, 0.15) is 0 Å². The summed E-state index contributed by atoms with van der Waals surface area (Å²) in [5, 5.41) is 0. The van der Waals surface area contributed by atoms with Crippen molar-refractivity contribution in [3.05, 3.63) is 21.4 Å². The van der Waals surface area contributed by atoms with Crippen LogP contribution >= 0.6 is 11.3 Å². The summed E-state index contributed by atoms with van der Waals surface area (Å²) < 4.78 is 0. The van der Waals surface area contributed by atoms with E-state index in [1.165, 1.54) is 41.0 Å². The molecule has 1 aromatic rings. The molecule has 1 atom stereocenters. The van der Waals surface area contributed by atoms with Crippen LogP contribution in [0.3, 0.4) is 0 Å². The zero-order valence-corrected chi connectivity index (χ0v) is 17.9. The smallest absolute Gasteiger partial charge is 0.279 e. The van der Waals surface area contributed by atoms with Gasteiger partial charge in [-0.3, -0.25) is 25.2 Å². The van der Waals surface area contributed by atoms with E-state index in [1.807, 2.05) is 26.8 Å². The number of likely N-dealkylation sites (tertiary alicyclic amines) is 1. The number of amides is 3. The Morgan fingerprint density at radius 1 is 1.07 bits per heavy atom. The van der Waals surface area contributed by atoms with E-state index in [4.69, 9.17) is 0 Å². The van der Waals surface area contributed by atoms with E-state index in [-0.39, 0.29) is 23.6 Å². The first-order chi connectivity index (χ1) is 13.3. The van der Waals surface area contributed by atoms with Crippen LogP contribution in [0.5, 0.6) is 0 Å². The fraction of sp³-hybridized carbons (Fsp3) is 0.667. The van der Waals surface area contributed by atoms with Crippen LogP contribution in [0.25, 0.3) is 0 Å². The Hall–Kier alpha value is -1.89. The number of nitrogens with zero attached hydrogens (tertiary/aromatic N) is 1. The number of piperidine rings is 1. The van der Waals surface area contributed by atoms with Crippen molar-refractivity contribution in [2.45, 2.75) is 65.7 Å². The van der Waals surface area contributed by atoms with Crippen molar-refractivity contribution in [2.75, 3.05) is 13.1 Å². The van der Waals surface area contributed by atoms with Crippen LogP contribution in [0.4, 0.5) is 0 Å². The first-order valence-electron chi connectivity index (χ1n) is 10.3. The monoisotopic (exact) mass is 405 g/mol. The molecule has 6 nitrogen and oxygen atoms in total. The molecule has 0 bridgehead atoms. The molecule has 1 aromatic heterocycles. The standard InChI is InChI=1S/C21H31N3O3S/c1-21(2,3)20(27)24-11-7-9-15(13-24)18(25)22-23-19(26)17-12-14-8-5-4-6-10-16(14)28-17/h12,15H,4-11,13H2,1-3H3,(H,22,25)(H,23,26). The SMILES string of the molecule is CC(C)(C)C(=O)N1CCCC(C(=O)NNC(=O)c2cc3c(s2)CCCCC3)C1. The van der Waals surface area contributed by atoms with Crippen molar-refractivity contribution in [1.29, 1.82) is 0 Å². The second kappa shape index (κ2) is 8.64. The normalized spacial score (nSPS) is 20.1. The number of nitrogens with one attached hydrogen (secondary N) is 2. The maximum Gasteiger partial charge on any atom is 0.279 e. The van der Waals surface area contributed by atoms with Gasteiger partial charge in [0.15, 0.2) is 0 Å². The summed E-state index contributed by atoms with van der Waals surface area (Å²) in [5.41, 5.74) is 5.96. The minimum Gasteiger partial charge on any atom is -0.341 e. The Labute approximate surface area is 171 Å². The maximum atomic E-state index is 12.5. The lowest BCUT2D eigenvalue weighted by Gasteiger charge is -2.35. The van der Waals surface area contributed by atoms with E-state index in [9.17, 15) is 14.4 Å². The van der Waals surface area contributed by atoms with Crippen LogP contribution < -0.4 is 10.9 Å². The quantitative estimate of drug-likeness (QED) is 0.586. The van der Waals surface area contributed by atoms with E-state index in [0.29, 0.717) is 18.0 Å². The third-order valence-corrected chi connectivity index (χ3v) is 6.73. The first kappa shape index (κ1) is 20.8. The van der Waals surface area contributed by atoms with Crippen molar-refractivity contribution in [3.8, 4) is 0 Å². The van der Waals surface area contributed by atoms with E-state index in [0.717, 1.165) is 25.7 Å². The highest BCUT2D eigenvalue weighted by molar-refractivity contribution is 7.14. The Balaban J connectivity index is 1.53. The molecule has 1 saturated heterocycles. The largest absolute Gasteiger partial charge is 0.341 e. The van der Waals surface area contributed by atoms with Gasteiger partial charge in [-0.2, -0.15) is 0 Å². The molecule has 1 aliphatic carbocycles. The number of carbonyl (C=O) groups is 3. The van der Waals surface area contributed by atoms with Crippen LogP contribution in [-0.2, 0) is 22.4 Å². The van der Waals surface area contributed by atoms with E-state index in [1.54, 1.807) is 4.90 Å². The number of aryl methyl sites for hydroxylation is 2. The molecule has 0 aromatic carbocycles. The lowest BCUT2D eigenvalue weighted by Crippen LogP contribution is -2.51. The minimum atomic E-state index is -0.455. The van der Waals surface area contributed by atoms with Gasteiger partial charge in [0.2, 0.25) is 11.8 Å².